The Morgan fingerprint density at radius 1 is 0.914 bits per heavy atom. The molecule has 1 aromatic heterocycles. The SMILES string of the molecule is COc1cc(-c2cc(=O)c3c(O)cc(O)c(OC(=O)[C@H]4O[C@H](O)[C@H](O)[C@@H](O)[C@@H]4O)c3o2)ccc1O. The molecule has 0 spiro atoms. The lowest BCUT2D eigenvalue weighted by atomic mass is 9.99. The maximum Gasteiger partial charge on any atom is 0.343 e. The Hall–Kier alpha value is -3.88. The summed E-state index contributed by atoms with van der Waals surface area (Å²) in [5.74, 6) is -3.95. The van der Waals surface area contributed by atoms with Gasteiger partial charge in [0.1, 0.15) is 35.2 Å². The Bertz CT molecular complexity index is 1350. The summed E-state index contributed by atoms with van der Waals surface area (Å²) in [4.78, 5) is 25.4. The van der Waals surface area contributed by atoms with Gasteiger partial charge in [0.2, 0.25) is 5.75 Å². The van der Waals surface area contributed by atoms with Gasteiger partial charge in [-0.25, -0.2) is 4.79 Å². The highest BCUT2D eigenvalue weighted by atomic mass is 16.7. The molecule has 1 saturated heterocycles. The summed E-state index contributed by atoms with van der Waals surface area (Å²) in [6, 6.07) is 5.73. The summed E-state index contributed by atoms with van der Waals surface area (Å²) >= 11 is 0. The molecule has 0 amide bonds. The summed E-state index contributed by atoms with van der Waals surface area (Å²) in [6.07, 6.45) is -9.92. The van der Waals surface area contributed by atoms with Crippen molar-refractivity contribution in [1.82, 2.24) is 0 Å². The van der Waals surface area contributed by atoms with E-state index in [2.05, 4.69) is 0 Å². The van der Waals surface area contributed by atoms with Gasteiger partial charge in [0.15, 0.2) is 40.7 Å². The van der Waals surface area contributed by atoms with Crippen LogP contribution >= 0.6 is 0 Å². The van der Waals surface area contributed by atoms with Crippen LogP contribution in [0.1, 0.15) is 0 Å². The molecule has 5 atom stereocenters. The maximum atomic E-state index is 12.8. The van der Waals surface area contributed by atoms with Crippen LogP contribution in [-0.4, -0.2) is 79.5 Å². The van der Waals surface area contributed by atoms with Gasteiger partial charge in [0, 0.05) is 17.7 Å². The van der Waals surface area contributed by atoms with E-state index in [1.165, 1.54) is 25.3 Å². The smallest absolute Gasteiger partial charge is 0.343 e. The quantitative estimate of drug-likeness (QED) is 0.177. The van der Waals surface area contributed by atoms with E-state index in [0.717, 1.165) is 12.1 Å². The lowest BCUT2D eigenvalue weighted by molar-refractivity contribution is -0.279. The van der Waals surface area contributed by atoms with Gasteiger partial charge in [-0.15, -0.1) is 0 Å². The Labute approximate surface area is 195 Å². The van der Waals surface area contributed by atoms with Gasteiger partial charge in [-0.2, -0.15) is 0 Å². The predicted octanol–water partition coefficient (Wildman–Crippen LogP) is -0.709. The topological polar surface area (TPSA) is 217 Å². The second-order valence-electron chi connectivity index (χ2n) is 7.65. The van der Waals surface area contributed by atoms with E-state index in [-0.39, 0.29) is 22.8 Å². The molecule has 1 fully saturated rings. The number of fused-ring (bicyclic) bond motifs is 1. The van der Waals surface area contributed by atoms with Crippen molar-refractivity contribution in [2.24, 2.45) is 0 Å². The number of ether oxygens (including phenoxy) is 3. The zero-order chi connectivity index (χ0) is 25.6. The third kappa shape index (κ3) is 4.22. The number of aliphatic hydroxyl groups excluding tert-OH is 4. The molecule has 0 radical (unpaired) electrons. The molecule has 13 nitrogen and oxygen atoms in total. The van der Waals surface area contributed by atoms with Crippen LogP contribution in [-0.2, 0) is 9.53 Å². The Kier molecular flexibility index (Phi) is 6.27. The fourth-order valence-corrected chi connectivity index (χ4v) is 3.57. The molecule has 0 saturated carbocycles. The van der Waals surface area contributed by atoms with Crippen LogP contribution in [0.15, 0.2) is 39.5 Å². The fraction of sp³-hybridized carbons (Fsp3) is 0.273. The molecular formula is C22H20O13. The molecule has 2 aromatic carbocycles. The minimum atomic E-state index is -2.04. The number of benzene rings is 2. The van der Waals surface area contributed by atoms with E-state index >= 15 is 0 Å². The van der Waals surface area contributed by atoms with Crippen LogP contribution in [0.3, 0.4) is 0 Å². The Balaban J connectivity index is 1.81. The van der Waals surface area contributed by atoms with Crippen LogP contribution in [0.5, 0.6) is 28.7 Å². The molecule has 186 valence electrons. The van der Waals surface area contributed by atoms with Crippen LogP contribution in [0.25, 0.3) is 22.3 Å². The first-order valence-electron chi connectivity index (χ1n) is 10.0. The molecule has 1 aliphatic heterocycles. The number of phenols is 3. The van der Waals surface area contributed by atoms with Crippen LogP contribution in [0, 0.1) is 0 Å². The summed E-state index contributed by atoms with van der Waals surface area (Å²) in [5.41, 5.74) is -1.10. The van der Waals surface area contributed by atoms with Gasteiger partial charge in [-0.1, -0.05) is 0 Å². The number of aromatic hydroxyl groups is 3. The summed E-state index contributed by atoms with van der Waals surface area (Å²) < 4.78 is 20.6. The summed E-state index contributed by atoms with van der Waals surface area (Å²) in [7, 11) is 1.30. The second-order valence-corrected chi connectivity index (χ2v) is 7.65. The van der Waals surface area contributed by atoms with Crippen LogP contribution < -0.4 is 14.9 Å². The highest BCUT2D eigenvalue weighted by Gasteiger charge is 2.47. The number of rotatable bonds is 4. The maximum absolute atomic E-state index is 12.8. The number of aliphatic hydroxyl groups is 4. The molecule has 1 aliphatic rings. The van der Waals surface area contributed by atoms with E-state index in [4.69, 9.17) is 18.6 Å². The molecule has 35 heavy (non-hydrogen) atoms. The van der Waals surface area contributed by atoms with Gasteiger partial charge < -0.3 is 54.4 Å². The number of hydrogen-bond donors (Lipinski definition) is 7. The number of carbonyl (C=O) groups is 1. The van der Waals surface area contributed by atoms with Crippen molar-refractivity contribution in [2.45, 2.75) is 30.7 Å². The zero-order valence-electron chi connectivity index (χ0n) is 17.9. The number of hydrogen-bond acceptors (Lipinski definition) is 13. The number of phenolic OH excluding ortho intramolecular Hbond substituents is 3. The average Bonchev–Trinajstić information content (AvgIpc) is 2.82. The molecule has 3 aromatic rings. The zero-order valence-corrected chi connectivity index (χ0v) is 17.9. The second kappa shape index (κ2) is 9.05. The highest BCUT2D eigenvalue weighted by Crippen LogP contribution is 2.41. The number of carbonyl (C=O) groups excluding carboxylic acids is 1. The molecule has 0 bridgehead atoms. The summed E-state index contributed by atoms with van der Waals surface area (Å²) in [5, 5.41) is 68.9. The minimum Gasteiger partial charge on any atom is -0.507 e. The van der Waals surface area contributed by atoms with E-state index in [1.807, 2.05) is 0 Å². The average molecular weight is 492 g/mol. The van der Waals surface area contributed by atoms with Crippen molar-refractivity contribution in [3.8, 4) is 40.1 Å². The molecule has 7 N–H and O–H groups in total. The molecule has 2 heterocycles. The van der Waals surface area contributed by atoms with Gasteiger partial charge in [0.25, 0.3) is 0 Å². The standard InChI is InChI=1S/C22H20O13/c1-32-13-4-7(2-3-8(13)23)12-6-10(25)14-9(24)5-11(26)18(19(14)33-12)34-22(31)20-16(28)15(27)17(29)21(30)35-20/h2-6,15-17,20-21,23-24,26-30H,1H3/t15-,16-,17+,20-,21-/m0/s1. The Morgan fingerprint density at radius 3 is 2.31 bits per heavy atom. The third-order valence-corrected chi connectivity index (χ3v) is 5.40. The minimum absolute atomic E-state index is 0.0541. The monoisotopic (exact) mass is 492 g/mol. The fourth-order valence-electron chi connectivity index (χ4n) is 3.57. The number of methoxy groups -OCH3 is 1. The number of esters is 1. The first-order valence-corrected chi connectivity index (χ1v) is 10.0. The van der Waals surface area contributed by atoms with E-state index in [1.54, 1.807) is 0 Å². The lowest BCUT2D eigenvalue weighted by Gasteiger charge is -2.36. The molecule has 13 heteroatoms. The highest BCUT2D eigenvalue weighted by molar-refractivity contribution is 5.94. The largest absolute Gasteiger partial charge is 0.507 e. The van der Waals surface area contributed by atoms with Crippen molar-refractivity contribution in [1.29, 1.82) is 0 Å². The van der Waals surface area contributed by atoms with Crippen LogP contribution in [0.2, 0.25) is 0 Å². The van der Waals surface area contributed by atoms with Crippen molar-refractivity contribution < 1.29 is 59.2 Å². The van der Waals surface area contributed by atoms with Gasteiger partial charge in [-0.3, -0.25) is 4.79 Å². The molecular weight excluding hydrogens is 472 g/mol. The van der Waals surface area contributed by atoms with E-state index < -0.39 is 70.3 Å². The van der Waals surface area contributed by atoms with E-state index in [9.17, 15) is 45.3 Å². The lowest BCUT2D eigenvalue weighted by Crippen LogP contribution is -2.60. The van der Waals surface area contributed by atoms with Gasteiger partial charge in [-0.05, 0) is 18.2 Å². The normalized spacial score (nSPS) is 24.3. The molecule has 0 aliphatic carbocycles. The van der Waals surface area contributed by atoms with E-state index in [0.29, 0.717) is 0 Å². The van der Waals surface area contributed by atoms with Gasteiger partial charge >= 0.3 is 5.97 Å². The van der Waals surface area contributed by atoms with Gasteiger partial charge in [0.05, 0.1) is 7.11 Å². The van der Waals surface area contributed by atoms with Crippen molar-refractivity contribution in [3.63, 3.8) is 0 Å². The van der Waals surface area contributed by atoms with Crippen molar-refractivity contribution >= 4 is 16.9 Å². The first kappa shape index (κ1) is 24.3. The van der Waals surface area contributed by atoms with Crippen molar-refractivity contribution in [2.75, 3.05) is 7.11 Å². The predicted molar refractivity (Wildman–Crippen MR) is 114 cm³/mol. The van der Waals surface area contributed by atoms with Crippen molar-refractivity contribution in [3.05, 3.63) is 40.6 Å². The third-order valence-electron chi connectivity index (χ3n) is 5.40. The summed E-state index contributed by atoms with van der Waals surface area (Å²) in [6.45, 7) is 0. The first-order chi connectivity index (χ1) is 16.5. The Morgan fingerprint density at radius 2 is 1.63 bits per heavy atom. The van der Waals surface area contributed by atoms with Crippen LogP contribution in [0.4, 0.5) is 0 Å². The molecule has 0 unspecified atom stereocenters. The molecule has 4 rings (SSSR count).